The number of aliphatic hydroxyl groups excluding tert-OH is 1. The number of hydrogen-bond donors (Lipinski definition) is 1. The molecule has 0 saturated heterocycles. The number of rotatable bonds is 2. The van der Waals surface area contributed by atoms with Gasteiger partial charge in [0.05, 0.1) is 22.8 Å². The van der Waals surface area contributed by atoms with Gasteiger partial charge in [0.2, 0.25) is 0 Å². The second kappa shape index (κ2) is 2.85. The number of hydrogen-bond acceptors (Lipinski definition) is 2. The van der Waals surface area contributed by atoms with E-state index < -0.39 is 0 Å². The first-order valence-electron chi connectivity index (χ1n) is 4.08. The number of aromatic nitrogens is 2. The smallest absolute Gasteiger partial charge is 0.0857 e. The quantitative estimate of drug-likeness (QED) is 0.837. The zero-order valence-corrected chi connectivity index (χ0v) is 8.29. The van der Waals surface area contributed by atoms with Gasteiger partial charge in [-0.2, -0.15) is 5.10 Å². The van der Waals surface area contributed by atoms with Crippen LogP contribution in [0, 0.1) is 0 Å². The third kappa shape index (κ3) is 1.10. The number of halogens is 1. The first-order chi connectivity index (χ1) is 5.77. The first-order valence-corrected chi connectivity index (χ1v) is 4.88. The molecule has 1 heterocycles. The van der Waals surface area contributed by atoms with Gasteiger partial charge in [0.25, 0.3) is 0 Å². The minimum Gasteiger partial charge on any atom is -0.394 e. The first kappa shape index (κ1) is 8.26. The molecular formula is C8H11BrN2O. The van der Waals surface area contributed by atoms with Gasteiger partial charge >= 0.3 is 0 Å². The van der Waals surface area contributed by atoms with Crippen LogP contribution >= 0.6 is 15.9 Å². The summed E-state index contributed by atoms with van der Waals surface area (Å²) in [6, 6.07) is 0. The van der Waals surface area contributed by atoms with E-state index >= 15 is 0 Å². The summed E-state index contributed by atoms with van der Waals surface area (Å²) in [5.41, 5.74) is -0.0912. The maximum atomic E-state index is 9.22. The van der Waals surface area contributed by atoms with E-state index in [1.54, 1.807) is 6.20 Å². The molecule has 66 valence electrons. The highest BCUT2D eigenvalue weighted by Crippen LogP contribution is 2.38. The third-order valence-corrected chi connectivity index (χ3v) is 3.03. The van der Waals surface area contributed by atoms with Crippen LogP contribution in [0.2, 0.25) is 0 Å². The fraction of sp³-hybridized carbons (Fsp3) is 0.625. The number of aliphatic hydroxyl groups is 1. The normalized spacial score (nSPS) is 20.5. The molecule has 0 bridgehead atoms. The Morgan fingerprint density at radius 2 is 2.42 bits per heavy atom. The Bertz CT molecular complexity index is 275. The summed E-state index contributed by atoms with van der Waals surface area (Å²) in [6.45, 7) is 0.196. The molecule has 0 aromatic carbocycles. The van der Waals surface area contributed by atoms with Gasteiger partial charge in [-0.1, -0.05) is 0 Å². The molecule has 1 saturated carbocycles. The van der Waals surface area contributed by atoms with Gasteiger partial charge < -0.3 is 5.11 Å². The molecule has 2 rings (SSSR count). The second-order valence-corrected chi connectivity index (χ2v) is 4.25. The summed E-state index contributed by atoms with van der Waals surface area (Å²) in [4.78, 5) is 0. The summed E-state index contributed by atoms with van der Waals surface area (Å²) in [6.07, 6.45) is 6.96. The molecule has 0 atom stereocenters. The van der Waals surface area contributed by atoms with Crippen molar-refractivity contribution in [3.8, 4) is 0 Å². The van der Waals surface area contributed by atoms with E-state index in [1.807, 2.05) is 10.9 Å². The predicted octanol–water partition coefficient (Wildman–Crippen LogP) is 1.52. The lowest BCUT2D eigenvalue weighted by Gasteiger charge is -2.40. The van der Waals surface area contributed by atoms with Crippen molar-refractivity contribution in [3.63, 3.8) is 0 Å². The Labute approximate surface area is 79.5 Å². The van der Waals surface area contributed by atoms with Gasteiger partial charge in [0.1, 0.15) is 0 Å². The Kier molecular flexibility index (Phi) is 1.96. The topological polar surface area (TPSA) is 38.0 Å². The summed E-state index contributed by atoms with van der Waals surface area (Å²) in [7, 11) is 0. The van der Waals surface area contributed by atoms with E-state index in [4.69, 9.17) is 0 Å². The highest BCUT2D eigenvalue weighted by molar-refractivity contribution is 9.10. The molecule has 1 aromatic heterocycles. The summed E-state index contributed by atoms with van der Waals surface area (Å²) in [5, 5.41) is 13.4. The fourth-order valence-corrected chi connectivity index (χ4v) is 1.89. The average Bonchev–Trinajstić information content (AvgIpc) is 2.35. The van der Waals surface area contributed by atoms with Crippen molar-refractivity contribution in [2.45, 2.75) is 24.8 Å². The lowest BCUT2D eigenvalue weighted by atomic mass is 9.77. The molecular weight excluding hydrogens is 220 g/mol. The van der Waals surface area contributed by atoms with Crippen molar-refractivity contribution in [2.75, 3.05) is 6.61 Å². The summed E-state index contributed by atoms with van der Waals surface area (Å²) < 4.78 is 2.85. The van der Waals surface area contributed by atoms with Crippen molar-refractivity contribution in [1.82, 2.24) is 9.78 Å². The fourth-order valence-electron chi connectivity index (χ4n) is 1.60. The zero-order chi connectivity index (χ0) is 8.60. The van der Waals surface area contributed by atoms with Crippen molar-refractivity contribution in [2.24, 2.45) is 0 Å². The van der Waals surface area contributed by atoms with Crippen LogP contribution in [0.1, 0.15) is 19.3 Å². The maximum absolute atomic E-state index is 9.22. The molecule has 1 fully saturated rings. The molecule has 0 radical (unpaired) electrons. The Hall–Kier alpha value is -0.350. The van der Waals surface area contributed by atoms with E-state index in [1.165, 1.54) is 6.42 Å². The molecule has 1 aromatic rings. The lowest BCUT2D eigenvalue weighted by Crippen LogP contribution is -2.44. The van der Waals surface area contributed by atoms with Crippen LogP contribution in [0.15, 0.2) is 16.9 Å². The molecule has 0 amide bonds. The average molecular weight is 231 g/mol. The third-order valence-electron chi connectivity index (χ3n) is 2.62. The van der Waals surface area contributed by atoms with E-state index in [-0.39, 0.29) is 12.1 Å². The minimum atomic E-state index is -0.0912. The lowest BCUT2D eigenvalue weighted by molar-refractivity contribution is 0.0438. The minimum absolute atomic E-state index is 0.0912. The largest absolute Gasteiger partial charge is 0.394 e. The Morgan fingerprint density at radius 1 is 1.67 bits per heavy atom. The van der Waals surface area contributed by atoms with Gasteiger partial charge in [-0.3, -0.25) is 4.68 Å². The summed E-state index contributed by atoms with van der Waals surface area (Å²) >= 11 is 3.34. The van der Waals surface area contributed by atoms with Crippen LogP contribution in [0.5, 0.6) is 0 Å². The Balaban J connectivity index is 2.27. The van der Waals surface area contributed by atoms with Crippen LogP contribution < -0.4 is 0 Å². The van der Waals surface area contributed by atoms with E-state index in [0.717, 1.165) is 17.3 Å². The molecule has 0 aliphatic heterocycles. The van der Waals surface area contributed by atoms with Gasteiger partial charge in [0, 0.05) is 6.20 Å². The van der Waals surface area contributed by atoms with Gasteiger partial charge in [0.15, 0.2) is 0 Å². The molecule has 1 N–H and O–H groups in total. The molecule has 1 aliphatic carbocycles. The van der Waals surface area contributed by atoms with E-state index in [9.17, 15) is 5.11 Å². The van der Waals surface area contributed by atoms with Crippen LogP contribution in [-0.2, 0) is 5.54 Å². The monoisotopic (exact) mass is 230 g/mol. The van der Waals surface area contributed by atoms with Crippen molar-refractivity contribution >= 4 is 15.9 Å². The highest BCUT2D eigenvalue weighted by atomic mass is 79.9. The highest BCUT2D eigenvalue weighted by Gasteiger charge is 2.38. The van der Waals surface area contributed by atoms with Crippen LogP contribution in [-0.4, -0.2) is 21.5 Å². The van der Waals surface area contributed by atoms with Crippen molar-refractivity contribution < 1.29 is 5.11 Å². The van der Waals surface area contributed by atoms with Crippen LogP contribution in [0.3, 0.4) is 0 Å². The molecule has 1 aliphatic rings. The molecule has 4 heteroatoms. The summed E-state index contributed by atoms with van der Waals surface area (Å²) in [5.74, 6) is 0. The standard InChI is InChI=1S/C8H11BrN2O/c9-7-4-10-11(5-7)8(6-12)2-1-3-8/h4-5,12H,1-3,6H2. The van der Waals surface area contributed by atoms with Crippen molar-refractivity contribution in [1.29, 1.82) is 0 Å². The van der Waals surface area contributed by atoms with E-state index in [2.05, 4.69) is 21.0 Å². The van der Waals surface area contributed by atoms with Gasteiger partial charge in [-0.25, -0.2) is 0 Å². The molecule has 0 unspecified atom stereocenters. The Morgan fingerprint density at radius 3 is 2.75 bits per heavy atom. The van der Waals surface area contributed by atoms with Gasteiger partial charge in [-0.15, -0.1) is 0 Å². The maximum Gasteiger partial charge on any atom is 0.0857 e. The molecule has 3 nitrogen and oxygen atoms in total. The predicted molar refractivity (Wildman–Crippen MR) is 48.8 cm³/mol. The van der Waals surface area contributed by atoms with Crippen LogP contribution in [0.4, 0.5) is 0 Å². The van der Waals surface area contributed by atoms with E-state index in [0.29, 0.717) is 0 Å². The number of nitrogens with zero attached hydrogens (tertiary/aromatic N) is 2. The van der Waals surface area contributed by atoms with Crippen LogP contribution in [0.25, 0.3) is 0 Å². The second-order valence-electron chi connectivity index (χ2n) is 3.34. The molecule has 12 heavy (non-hydrogen) atoms. The van der Waals surface area contributed by atoms with Gasteiger partial charge in [-0.05, 0) is 35.2 Å². The van der Waals surface area contributed by atoms with Crippen molar-refractivity contribution in [3.05, 3.63) is 16.9 Å². The SMILES string of the molecule is OCC1(n2cc(Br)cn2)CCC1. The molecule has 0 spiro atoms. The zero-order valence-electron chi connectivity index (χ0n) is 6.70.